The highest BCUT2D eigenvalue weighted by Gasteiger charge is 2.42. The smallest absolute Gasteiger partial charge is 0.148 e. The number of benzene rings is 3. The van der Waals surface area contributed by atoms with Crippen LogP contribution in [0.3, 0.4) is 0 Å². The molecular weight excluding hydrogens is 494 g/mol. The minimum absolute atomic E-state index is 0.140. The van der Waals surface area contributed by atoms with Gasteiger partial charge in [-0.3, -0.25) is 4.40 Å². The number of hydrogen-bond donors (Lipinski definition) is 0. The van der Waals surface area contributed by atoms with Crippen LogP contribution in [0.25, 0.3) is 38.7 Å². The lowest BCUT2D eigenvalue weighted by molar-refractivity contribution is 0.403. The van der Waals surface area contributed by atoms with E-state index in [0.717, 1.165) is 44.3 Å². The van der Waals surface area contributed by atoms with Gasteiger partial charge in [0.05, 0.1) is 16.6 Å². The zero-order valence-electron chi connectivity index (χ0n) is 21.6. The number of fused-ring (bicyclic) bond motifs is 6. The van der Waals surface area contributed by atoms with Crippen LogP contribution in [0.1, 0.15) is 71.8 Å². The molecule has 0 radical (unpaired) electrons. The van der Waals surface area contributed by atoms with Crippen molar-refractivity contribution in [2.45, 2.75) is 71.1 Å². The Bertz CT molecular complexity index is 1660. The Morgan fingerprint density at radius 3 is 2.20 bits per heavy atom. The first-order valence-electron chi connectivity index (χ1n) is 12.4. The van der Waals surface area contributed by atoms with Gasteiger partial charge < -0.3 is 0 Å². The van der Waals surface area contributed by atoms with Crippen LogP contribution < -0.4 is 0 Å². The Kier molecular flexibility index (Phi) is 4.65. The molecule has 5 aromatic rings. The number of hydrogen-bond acceptors (Lipinski definition) is 2. The third-order valence-corrected chi connectivity index (χ3v) is 8.36. The number of imidazole rings is 1. The van der Waals surface area contributed by atoms with Gasteiger partial charge in [0, 0.05) is 15.3 Å². The Labute approximate surface area is 215 Å². The zero-order valence-corrected chi connectivity index (χ0v) is 23.2. The summed E-state index contributed by atoms with van der Waals surface area (Å²) in [5.41, 5.74) is 9.55. The Balaban J connectivity index is 1.71. The maximum atomic E-state index is 5.28. The van der Waals surface area contributed by atoms with Gasteiger partial charge in [0.15, 0.2) is 0 Å². The highest BCUT2D eigenvalue weighted by Crippen LogP contribution is 2.50. The fourth-order valence-corrected chi connectivity index (χ4v) is 6.79. The van der Waals surface area contributed by atoms with Gasteiger partial charge in [-0.25, -0.2) is 9.97 Å². The third kappa shape index (κ3) is 3.36. The highest BCUT2D eigenvalue weighted by atomic mass is 79.9. The monoisotopic (exact) mass is 525 g/mol. The first-order chi connectivity index (χ1) is 16.4. The fraction of sp³-hybridized carbons (Fsp3) is 0.355. The minimum atomic E-state index is -0.142. The molecule has 0 atom stereocenters. The Morgan fingerprint density at radius 1 is 0.829 bits per heavy atom. The number of rotatable bonds is 1. The largest absolute Gasteiger partial charge is 0.279 e. The number of nitrogens with zero attached hydrogens (tertiary/aromatic N) is 3. The summed E-state index contributed by atoms with van der Waals surface area (Å²) in [6, 6.07) is 19.7. The van der Waals surface area contributed by atoms with E-state index in [4.69, 9.17) is 9.97 Å². The van der Waals surface area contributed by atoms with Crippen LogP contribution in [0.15, 0.2) is 59.1 Å². The van der Waals surface area contributed by atoms with Crippen molar-refractivity contribution in [3.05, 3.63) is 76.0 Å². The van der Waals surface area contributed by atoms with Crippen LogP contribution in [-0.2, 0) is 16.2 Å². The highest BCUT2D eigenvalue weighted by molar-refractivity contribution is 9.10. The first-order valence-corrected chi connectivity index (χ1v) is 13.2. The molecule has 0 amide bonds. The summed E-state index contributed by atoms with van der Waals surface area (Å²) in [5.74, 6) is 1.04. The quantitative estimate of drug-likeness (QED) is 0.219. The third-order valence-electron chi connectivity index (χ3n) is 7.67. The van der Waals surface area contributed by atoms with Crippen LogP contribution in [0.5, 0.6) is 0 Å². The van der Waals surface area contributed by atoms with E-state index in [-0.39, 0.29) is 16.2 Å². The molecule has 0 aliphatic heterocycles. The molecule has 1 aliphatic rings. The molecule has 0 spiro atoms. The minimum Gasteiger partial charge on any atom is -0.279 e. The van der Waals surface area contributed by atoms with Gasteiger partial charge in [-0.2, -0.15) is 0 Å². The summed E-state index contributed by atoms with van der Waals surface area (Å²) in [6.07, 6.45) is 1.15. The van der Waals surface area contributed by atoms with Crippen molar-refractivity contribution >= 4 is 43.5 Å². The second kappa shape index (κ2) is 7.16. The number of aromatic nitrogens is 3. The van der Waals surface area contributed by atoms with E-state index in [2.05, 4.69) is 117 Å². The maximum Gasteiger partial charge on any atom is 0.148 e. The average Bonchev–Trinajstić information content (AvgIpc) is 3.23. The maximum absolute atomic E-state index is 5.28. The molecule has 178 valence electrons. The van der Waals surface area contributed by atoms with Gasteiger partial charge >= 0.3 is 0 Å². The lowest BCUT2D eigenvalue weighted by Gasteiger charge is -2.22. The van der Waals surface area contributed by atoms with E-state index in [9.17, 15) is 0 Å². The second-order valence-electron chi connectivity index (χ2n) is 12.5. The standard InChI is InChI=1S/C31H32BrN3/c1-29(2,3)28-34-24-14-18(19-10-8-9-11-23(19)32)12-13-20(24)27-33-25-15-21-22(16-26(25)35(27)28)31(6,7)17-30(21,4)5/h8-16H,17H2,1-7H3. The van der Waals surface area contributed by atoms with Crippen molar-refractivity contribution in [2.24, 2.45) is 0 Å². The molecule has 0 saturated heterocycles. The number of halogens is 1. The normalized spacial score (nSPS) is 16.9. The first kappa shape index (κ1) is 22.7. The molecule has 35 heavy (non-hydrogen) atoms. The van der Waals surface area contributed by atoms with Crippen LogP contribution >= 0.6 is 15.9 Å². The molecular formula is C31H32BrN3. The van der Waals surface area contributed by atoms with E-state index in [1.54, 1.807) is 0 Å². The van der Waals surface area contributed by atoms with Crippen molar-refractivity contribution < 1.29 is 0 Å². The second-order valence-corrected chi connectivity index (χ2v) is 13.4. The van der Waals surface area contributed by atoms with Gasteiger partial charge in [0.1, 0.15) is 11.5 Å². The van der Waals surface area contributed by atoms with Gasteiger partial charge in [-0.15, -0.1) is 0 Å². The molecule has 4 heteroatoms. The average molecular weight is 527 g/mol. The summed E-state index contributed by atoms with van der Waals surface area (Å²) in [5, 5.41) is 1.09. The molecule has 0 N–H and O–H groups in total. The van der Waals surface area contributed by atoms with Crippen LogP contribution in [-0.4, -0.2) is 14.4 Å². The molecule has 3 nitrogen and oxygen atoms in total. The van der Waals surface area contributed by atoms with Gasteiger partial charge in [0.25, 0.3) is 0 Å². The predicted octanol–water partition coefficient (Wildman–Crippen LogP) is 8.72. The summed E-state index contributed by atoms with van der Waals surface area (Å²) in [7, 11) is 0. The fourth-order valence-electron chi connectivity index (χ4n) is 6.28. The summed E-state index contributed by atoms with van der Waals surface area (Å²) < 4.78 is 3.40. The van der Waals surface area contributed by atoms with Crippen molar-refractivity contribution in [3.8, 4) is 11.1 Å². The van der Waals surface area contributed by atoms with E-state index in [1.165, 1.54) is 22.2 Å². The lowest BCUT2D eigenvalue weighted by atomic mass is 9.82. The van der Waals surface area contributed by atoms with Gasteiger partial charge in [-0.1, -0.05) is 88.7 Å². The molecule has 3 aromatic carbocycles. The molecule has 2 aromatic heterocycles. The Morgan fingerprint density at radius 2 is 1.51 bits per heavy atom. The summed E-state index contributed by atoms with van der Waals surface area (Å²) >= 11 is 3.71. The molecule has 0 bridgehead atoms. The topological polar surface area (TPSA) is 30.2 Å². The summed E-state index contributed by atoms with van der Waals surface area (Å²) in [6.45, 7) is 16.2. The molecule has 0 saturated carbocycles. The molecule has 2 heterocycles. The summed E-state index contributed by atoms with van der Waals surface area (Å²) in [4.78, 5) is 10.5. The van der Waals surface area contributed by atoms with Crippen LogP contribution in [0.2, 0.25) is 0 Å². The van der Waals surface area contributed by atoms with Gasteiger partial charge in [-0.05, 0) is 69.8 Å². The Hall–Kier alpha value is -2.72. The van der Waals surface area contributed by atoms with Crippen molar-refractivity contribution in [1.29, 1.82) is 0 Å². The lowest BCUT2D eigenvalue weighted by Crippen LogP contribution is -2.19. The predicted molar refractivity (Wildman–Crippen MR) is 151 cm³/mol. The molecule has 0 unspecified atom stereocenters. The van der Waals surface area contributed by atoms with Crippen molar-refractivity contribution in [3.63, 3.8) is 0 Å². The van der Waals surface area contributed by atoms with E-state index < -0.39 is 0 Å². The van der Waals surface area contributed by atoms with Crippen LogP contribution in [0.4, 0.5) is 0 Å². The molecule has 6 rings (SSSR count). The van der Waals surface area contributed by atoms with E-state index in [1.807, 2.05) is 6.07 Å². The van der Waals surface area contributed by atoms with Crippen molar-refractivity contribution in [1.82, 2.24) is 14.4 Å². The SMILES string of the molecule is CC(C)(C)c1nc2cc(-c3ccccc3Br)ccc2c2nc3cc4c(cc3n12)C(C)(C)CC4(C)C. The van der Waals surface area contributed by atoms with E-state index >= 15 is 0 Å². The molecule has 1 aliphatic carbocycles. The van der Waals surface area contributed by atoms with E-state index in [0.29, 0.717) is 0 Å². The van der Waals surface area contributed by atoms with Gasteiger partial charge in [0.2, 0.25) is 0 Å². The van der Waals surface area contributed by atoms with Crippen molar-refractivity contribution in [2.75, 3.05) is 0 Å². The molecule has 0 fully saturated rings. The van der Waals surface area contributed by atoms with Crippen LogP contribution in [0, 0.1) is 0 Å². The zero-order chi connectivity index (χ0) is 24.9.